The molecular formula is C9H5N2NaO2. The standard InChI is InChI=1S/C9H6N2O2.Na/c12-9(13)6-1-4-11-8-2-3-10-5-7(6)8;/h1-5H,(H,12,13);/q;+1/p-1. The summed E-state index contributed by atoms with van der Waals surface area (Å²) < 4.78 is 0. The Morgan fingerprint density at radius 3 is 2.79 bits per heavy atom. The molecule has 14 heavy (non-hydrogen) atoms. The Balaban J connectivity index is 0.000000980. The van der Waals surface area contributed by atoms with E-state index in [9.17, 15) is 9.90 Å². The molecule has 2 rings (SSSR count). The summed E-state index contributed by atoms with van der Waals surface area (Å²) >= 11 is 0. The molecule has 4 nitrogen and oxygen atoms in total. The third-order valence-electron chi connectivity index (χ3n) is 1.76. The van der Waals surface area contributed by atoms with Crippen molar-refractivity contribution in [2.45, 2.75) is 0 Å². The van der Waals surface area contributed by atoms with E-state index >= 15 is 0 Å². The van der Waals surface area contributed by atoms with Crippen LogP contribution in [0.25, 0.3) is 10.9 Å². The van der Waals surface area contributed by atoms with Gasteiger partial charge in [-0.15, -0.1) is 0 Å². The van der Waals surface area contributed by atoms with Gasteiger partial charge in [-0.3, -0.25) is 9.97 Å². The van der Waals surface area contributed by atoms with Crippen molar-refractivity contribution in [3.63, 3.8) is 0 Å². The maximum atomic E-state index is 10.6. The number of hydrogen-bond donors (Lipinski definition) is 0. The van der Waals surface area contributed by atoms with Gasteiger partial charge >= 0.3 is 29.6 Å². The number of carbonyl (C=O) groups excluding carboxylic acids is 1. The van der Waals surface area contributed by atoms with Gasteiger partial charge in [0.15, 0.2) is 0 Å². The smallest absolute Gasteiger partial charge is 0.545 e. The van der Waals surface area contributed by atoms with E-state index in [1.165, 1.54) is 18.5 Å². The van der Waals surface area contributed by atoms with Gasteiger partial charge in [0.05, 0.1) is 11.5 Å². The molecular weight excluding hydrogens is 191 g/mol. The number of carboxylic acid groups (broad SMARTS) is 1. The van der Waals surface area contributed by atoms with Crippen LogP contribution in [0, 0.1) is 0 Å². The maximum absolute atomic E-state index is 10.6. The number of hydrogen-bond acceptors (Lipinski definition) is 4. The number of aromatic nitrogens is 2. The second-order valence-electron chi connectivity index (χ2n) is 2.54. The molecule has 0 atom stereocenters. The van der Waals surface area contributed by atoms with E-state index in [0.717, 1.165) is 0 Å². The molecule has 2 aromatic heterocycles. The summed E-state index contributed by atoms with van der Waals surface area (Å²) in [6.45, 7) is 0. The molecule has 0 fully saturated rings. The van der Waals surface area contributed by atoms with Crippen molar-refractivity contribution in [1.29, 1.82) is 0 Å². The minimum atomic E-state index is -1.21. The first-order valence-electron chi connectivity index (χ1n) is 3.69. The van der Waals surface area contributed by atoms with Crippen molar-refractivity contribution in [2.75, 3.05) is 0 Å². The number of aromatic carboxylic acids is 1. The minimum Gasteiger partial charge on any atom is -0.545 e. The Morgan fingerprint density at radius 1 is 1.29 bits per heavy atom. The monoisotopic (exact) mass is 196 g/mol. The van der Waals surface area contributed by atoms with Crippen molar-refractivity contribution in [2.24, 2.45) is 0 Å². The molecule has 0 spiro atoms. The minimum absolute atomic E-state index is 0. The predicted molar refractivity (Wildman–Crippen MR) is 43.9 cm³/mol. The fraction of sp³-hybridized carbons (Fsp3) is 0. The van der Waals surface area contributed by atoms with Gasteiger partial charge in [0.2, 0.25) is 0 Å². The molecule has 0 aromatic carbocycles. The number of rotatable bonds is 1. The summed E-state index contributed by atoms with van der Waals surface area (Å²) in [6.07, 6.45) is 4.47. The van der Waals surface area contributed by atoms with Crippen molar-refractivity contribution < 1.29 is 39.5 Å². The van der Waals surface area contributed by atoms with Crippen LogP contribution in [0.1, 0.15) is 10.4 Å². The summed E-state index contributed by atoms with van der Waals surface area (Å²) in [4.78, 5) is 18.5. The SMILES string of the molecule is O=C([O-])c1ccnc2ccncc12.[Na+]. The molecule has 0 saturated carbocycles. The second kappa shape index (κ2) is 4.50. The molecule has 5 heteroatoms. The normalized spacial score (nSPS) is 9.43. The summed E-state index contributed by atoms with van der Waals surface area (Å²) in [5, 5.41) is 11.2. The van der Waals surface area contributed by atoms with Gasteiger partial charge in [0.1, 0.15) is 0 Å². The van der Waals surface area contributed by atoms with E-state index in [2.05, 4.69) is 9.97 Å². The van der Waals surface area contributed by atoms with Gasteiger partial charge < -0.3 is 9.90 Å². The molecule has 2 aromatic rings. The van der Waals surface area contributed by atoms with Crippen LogP contribution >= 0.6 is 0 Å². The predicted octanol–water partition coefficient (Wildman–Crippen LogP) is -3.00. The summed E-state index contributed by atoms with van der Waals surface area (Å²) in [5.41, 5.74) is 0.731. The Hall–Kier alpha value is -0.970. The zero-order chi connectivity index (χ0) is 9.26. The van der Waals surface area contributed by atoms with Crippen molar-refractivity contribution in [1.82, 2.24) is 9.97 Å². The van der Waals surface area contributed by atoms with E-state index in [1.54, 1.807) is 12.3 Å². The quantitative estimate of drug-likeness (QED) is 0.456. The fourth-order valence-electron chi connectivity index (χ4n) is 1.17. The molecule has 0 unspecified atom stereocenters. The average Bonchev–Trinajstić information content (AvgIpc) is 2.17. The van der Waals surface area contributed by atoms with Gasteiger partial charge in [-0.2, -0.15) is 0 Å². The largest absolute Gasteiger partial charge is 1.00 e. The van der Waals surface area contributed by atoms with Crippen LogP contribution in [0.15, 0.2) is 30.7 Å². The Morgan fingerprint density at radius 2 is 2.07 bits per heavy atom. The number of fused-ring (bicyclic) bond motifs is 1. The molecule has 0 N–H and O–H groups in total. The van der Waals surface area contributed by atoms with E-state index in [1.807, 2.05) is 0 Å². The molecule has 2 heterocycles. The van der Waals surface area contributed by atoms with E-state index < -0.39 is 5.97 Å². The van der Waals surface area contributed by atoms with Crippen LogP contribution in [-0.2, 0) is 0 Å². The van der Waals surface area contributed by atoms with Crippen molar-refractivity contribution in [3.8, 4) is 0 Å². The summed E-state index contributed by atoms with van der Waals surface area (Å²) in [5.74, 6) is -1.21. The maximum Gasteiger partial charge on any atom is 1.00 e. The number of pyridine rings is 2. The second-order valence-corrected chi connectivity index (χ2v) is 2.54. The third-order valence-corrected chi connectivity index (χ3v) is 1.76. The number of carbonyl (C=O) groups is 1. The zero-order valence-electron chi connectivity index (χ0n) is 7.60. The Kier molecular flexibility index (Phi) is 3.57. The molecule has 0 aliphatic heterocycles. The topological polar surface area (TPSA) is 65.9 Å². The fourth-order valence-corrected chi connectivity index (χ4v) is 1.17. The molecule has 0 bridgehead atoms. The van der Waals surface area contributed by atoms with Gasteiger partial charge in [-0.05, 0) is 12.1 Å². The molecule has 64 valence electrons. The van der Waals surface area contributed by atoms with Crippen LogP contribution in [0.4, 0.5) is 0 Å². The van der Waals surface area contributed by atoms with Crippen LogP contribution in [0.2, 0.25) is 0 Å². The first kappa shape index (κ1) is 11.1. The van der Waals surface area contributed by atoms with E-state index in [-0.39, 0.29) is 35.1 Å². The summed E-state index contributed by atoms with van der Waals surface area (Å²) in [6, 6.07) is 3.06. The van der Waals surface area contributed by atoms with Crippen molar-refractivity contribution in [3.05, 3.63) is 36.3 Å². The van der Waals surface area contributed by atoms with Crippen molar-refractivity contribution >= 4 is 16.9 Å². The number of carboxylic acids is 1. The molecule has 0 amide bonds. The van der Waals surface area contributed by atoms with Gasteiger partial charge in [0, 0.05) is 29.5 Å². The summed E-state index contributed by atoms with van der Waals surface area (Å²) in [7, 11) is 0. The van der Waals surface area contributed by atoms with Crippen LogP contribution in [0.5, 0.6) is 0 Å². The number of nitrogens with zero attached hydrogens (tertiary/aromatic N) is 2. The first-order valence-corrected chi connectivity index (χ1v) is 3.69. The molecule has 0 saturated heterocycles. The Bertz CT molecular complexity index is 468. The Labute approximate surface area is 102 Å². The van der Waals surface area contributed by atoms with Crippen LogP contribution < -0.4 is 34.7 Å². The molecule has 0 aliphatic rings. The van der Waals surface area contributed by atoms with Crippen LogP contribution in [0.3, 0.4) is 0 Å². The molecule has 0 aliphatic carbocycles. The van der Waals surface area contributed by atoms with E-state index in [4.69, 9.17) is 0 Å². The molecule has 0 radical (unpaired) electrons. The zero-order valence-corrected chi connectivity index (χ0v) is 9.60. The average molecular weight is 196 g/mol. The van der Waals surface area contributed by atoms with Gasteiger partial charge in [0.25, 0.3) is 0 Å². The third kappa shape index (κ3) is 1.92. The first-order chi connectivity index (χ1) is 6.29. The van der Waals surface area contributed by atoms with Gasteiger partial charge in [-0.25, -0.2) is 0 Å². The van der Waals surface area contributed by atoms with E-state index in [0.29, 0.717) is 10.9 Å². The van der Waals surface area contributed by atoms with Crippen LogP contribution in [-0.4, -0.2) is 15.9 Å². The van der Waals surface area contributed by atoms with Gasteiger partial charge in [-0.1, -0.05) is 0 Å².